The molecule has 1 heterocycles. The molecule has 2 atom stereocenters. The Balaban J connectivity index is 0.000000262. The highest BCUT2D eigenvalue weighted by molar-refractivity contribution is 7.80. The lowest BCUT2D eigenvalue weighted by Crippen LogP contribution is -2.20. The van der Waals surface area contributed by atoms with Crippen molar-refractivity contribution in [3.05, 3.63) is 79.9 Å². The number of amides is 1. The van der Waals surface area contributed by atoms with Crippen molar-refractivity contribution in [2.24, 2.45) is 11.5 Å². The van der Waals surface area contributed by atoms with Crippen molar-refractivity contribution < 1.29 is 13.6 Å². The van der Waals surface area contributed by atoms with Crippen LogP contribution in [0.3, 0.4) is 0 Å². The van der Waals surface area contributed by atoms with Crippen LogP contribution in [0, 0.1) is 12.7 Å². The fourth-order valence-corrected chi connectivity index (χ4v) is 3.59. The van der Waals surface area contributed by atoms with Crippen LogP contribution in [0.4, 0.5) is 4.39 Å². The van der Waals surface area contributed by atoms with Crippen molar-refractivity contribution in [2.75, 3.05) is 0 Å². The molecule has 1 amide bonds. The lowest BCUT2D eigenvalue weighted by atomic mass is 9.87. The number of benzene rings is 2. The first kappa shape index (κ1) is 24.6. The monoisotopic (exact) mass is 466 g/mol. The van der Waals surface area contributed by atoms with E-state index in [2.05, 4.69) is 22.8 Å². The zero-order chi connectivity index (χ0) is 23.3. The fourth-order valence-electron chi connectivity index (χ4n) is 3.17. The molecule has 0 radical (unpaired) electrons. The van der Waals surface area contributed by atoms with Crippen LogP contribution in [-0.4, -0.2) is 16.1 Å². The number of hydrogen-bond donors (Lipinski definition) is 4. The van der Waals surface area contributed by atoms with Gasteiger partial charge < -0.3 is 15.9 Å². The average Bonchev–Trinajstić information content (AvgIpc) is 3.16. The van der Waals surface area contributed by atoms with Gasteiger partial charge in [0.25, 0.3) is 0 Å². The van der Waals surface area contributed by atoms with E-state index >= 15 is 0 Å². The molecule has 0 aliphatic heterocycles. The first-order chi connectivity index (χ1) is 14.6. The number of nitrogens with zero attached hydrogens (tertiary/aromatic N) is 1. The predicted molar refractivity (Wildman–Crippen MR) is 120 cm³/mol. The number of carbonyl (C=O) groups excluding carboxylic acids is 1. The van der Waals surface area contributed by atoms with Crippen molar-refractivity contribution in [2.45, 2.75) is 44.0 Å². The van der Waals surface area contributed by atoms with Gasteiger partial charge in [0.2, 0.25) is 11.8 Å². The summed E-state index contributed by atoms with van der Waals surface area (Å²) in [5.41, 5.74) is 13.9. The largest absolute Gasteiger partial charge is 0.434 e. The molecule has 2 aromatic carbocycles. The number of rotatable bonds is 5. The fraction of sp³-hybridized carbons (Fsp3) is 0.286. The Kier molecular flexibility index (Phi) is 8.43. The normalized spacial score (nSPS) is 12.6. The number of aromatic nitrogens is 2. The van der Waals surface area contributed by atoms with Gasteiger partial charge in [0.05, 0.1) is 11.6 Å². The van der Waals surface area contributed by atoms with Gasteiger partial charge in [-0.05, 0) is 54.3 Å². The molecule has 0 aliphatic carbocycles. The molecule has 5 N–H and O–H groups in total. The summed E-state index contributed by atoms with van der Waals surface area (Å²) in [6.45, 7) is 5.69. The van der Waals surface area contributed by atoms with Gasteiger partial charge in [-0.25, -0.2) is 14.3 Å². The van der Waals surface area contributed by atoms with Crippen molar-refractivity contribution in [1.82, 2.24) is 10.2 Å². The maximum Gasteiger partial charge on any atom is 0.434 e. The summed E-state index contributed by atoms with van der Waals surface area (Å²) in [4.78, 5) is 22.2. The molecule has 10 heteroatoms. The van der Waals surface area contributed by atoms with E-state index in [0.29, 0.717) is 21.0 Å². The third kappa shape index (κ3) is 5.96. The molecule has 166 valence electrons. The number of nitrogens with one attached hydrogen (secondary N) is 1. The number of carbonyl (C=O) groups is 1. The summed E-state index contributed by atoms with van der Waals surface area (Å²) in [6.07, 6.45) is 0.818. The Morgan fingerprint density at radius 2 is 2.03 bits per heavy atom. The zero-order valence-electron chi connectivity index (χ0n) is 17.3. The average molecular weight is 467 g/mol. The molecule has 0 bridgehead atoms. The van der Waals surface area contributed by atoms with Gasteiger partial charge in [0, 0.05) is 15.8 Å². The molecule has 31 heavy (non-hydrogen) atoms. The van der Waals surface area contributed by atoms with E-state index in [9.17, 15) is 14.0 Å². The second-order valence-corrected chi connectivity index (χ2v) is 7.81. The summed E-state index contributed by atoms with van der Waals surface area (Å²) in [5, 5.41) is 6.36. The Morgan fingerprint density at radius 1 is 1.35 bits per heavy atom. The first-order valence-electron chi connectivity index (χ1n) is 9.43. The number of nitrogens with two attached hydrogens (primary N) is 2. The van der Waals surface area contributed by atoms with E-state index in [1.54, 1.807) is 25.1 Å². The predicted octanol–water partition coefficient (Wildman–Crippen LogP) is 3.90. The van der Waals surface area contributed by atoms with E-state index in [-0.39, 0.29) is 17.6 Å². The Bertz CT molecular complexity index is 1130. The number of thiol groups is 1. The van der Waals surface area contributed by atoms with Gasteiger partial charge in [-0.2, -0.15) is 0 Å². The minimum absolute atomic E-state index is 0.0863. The van der Waals surface area contributed by atoms with Gasteiger partial charge in [-0.15, -0.1) is 17.7 Å². The number of halogens is 2. The highest BCUT2D eigenvalue weighted by atomic mass is 35.5. The standard InChI is InChI=1S/C14H18FN3O2.C7H6ClNOS/c1-4-9-5-6-10(15)11(7(9)2)8(3)12(16)13-17-18-14(19)20-13;8-4-1-2-6(11)5(3-4)7(9)10/h5-6,8,12H,4,16H2,1-3H3,(H,18,19);1-3,11H,(H2,9,10). The minimum atomic E-state index is -0.686. The quantitative estimate of drug-likeness (QED) is 0.424. The van der Waals surface area contributed by atoms with Gasteiger partial charge in [-0.3, -0.25) is 4.79 Å². The molecule has 1 aromatic heterocycles. The van der Waals surface area contributed by atoms with Gasteiger partial charge >= 0.3 is 5.76 Å². The van der Waals surface area contributed by atoms with Crippen LogP contribution in [0.15, 0.2) is 44.4 Å². The molecular weight excluding hydrogens is 443 g/mol. The first-order valence-corrected chi connectivity index (χ1v) is 10.3. The summed E-state index contributed by atoms with van der Waals surface area (Å²) < 4.78 is 19.0. The van der Waals surface area contributed by atoms with Crippen molar-refractivity contribution in [3.8, 4) is 0 Å². The lowest BCUT2D eigenvalue weighted by Gasteiger charge is -2.21. The summed E-state index contributed by atoms with van der Waals surface area (Å²) >= 11 is 9.64. The van der Waals surface area contributed by atoms with Gasteiger partial charge in [0.1, 0.15) is 5.82 Å². The molecule has 0 saturated carbocycles. The summed E-state index contributed by atoms with van der Waals surface area (Å²) in [7, 11) is 0. The Hall–Kier alpha value is -2.62. The number of hydrogen-bond acceptors (Lipinski definition) is 6. The topological polar surface area (TPSA) is 128 Å². The van der Waals surface area contributed by atoms with Crippen molar-refractivity contribution in [3.63, 3.8) is 0 Å². The smallest absolute Gasteiger partial charge is 0.391 e. The molecular formula is C21H24ClFN4O3S. The van der Waals surface area contributed by atoms with E-state index in [4.69, 9.17) is 27.5 Å². The molecule has 2 unspecified atom stereocenters. The number of primary amides is 1. The summed E-state index contributed by atoms with van der Waals surface area (Å²) in [6, 6.07) is 7.31. The molecule has 7 nitrogen and oxygen atoms in total. The number of aryl methyl sites for hydroxylation is 1. The van der Waals surface area contributed by atoms with Crippen LogP contribution in [0.2, 0.25) is 5.02 Å². The van der Waals surface area contributed by atoms with Crippen molar-refractivity contribution >= 4 is 30.1 Å². The zero-order valence-corrected chi connectivity index (χ0v) is 18.9. The Labute approximate surface area is 189 Å². The third-order valence-electron chi connectivity index (χ3n) is 4.91. The summed E-state index contributed by atoms with van der Waals surface area (Å²) in [5.74, 6) is -1.75. The van der Waals surface area contributed by atoms with E-state index in [1.807, 2.05) is 13.8 Å². The Morgan fingerprint density at radius 3 is 2.55 bits per heavy atom. The third-order valence-corrected chi connectivity index (χ3v) is 5.54. The van der Waals surface area contributed by atoms with Gasteiger partial charge in [-0.1, -0.05) is 31.5 Å². The van der Waals surface area contributed by atoms with Crippen LogP contribution in [0.1, 0.15) is 58.7 Å². The van der Waals surface area contributed by atoms with Crippen LogP contribution >= 0.6 is 24.2 Å². The van der Waals surface area contributed by atoms with Gasteiger partial charge in [0.15, 0.2) is 0 Å². The highest BCUT2D eigenvalue weighted by Gasteiger charge is 2.26. The highest BCUT2D eigenvalue weighted by Crippen LogP contribution is 2.32. The van der Waals surface area contributed by atoms with Crippen LogP contribution < -0.4 is 17.2 Å². The minimum Gasteiger partial charge on any atom is -0.391 e. The molecule has 0 aliphatic rings. The second-order valence-electron chi connectivity index (χ2n) is 6.89. The van der Waals surface area contributed by atoms with Crippen molar-refractivity contribution in [1.29, 1.82) is 0 Å². The maximum absolute atomic E-state index is 14.1. The molecule has 3 aromatic rings. The van der Waals surface area contributed by atoms with E-state index in [1.165, 1.54) is 12.1 Å². The lowest BCUT2D eigenvalue weighted by molar-refractivity contribution is 0.0997. The second kappa shape index (κ2) is 10.6. The number of aromatic amines is 1. The van der Waals surface area contributed by atoms with Crippen LogP contribution in [-0.2, 0) is 6.42 Å². The molecule has 0 fully saturated rings. The maximum atomic E-state index is 14.1. The number of H-pyrrole nitrogens is 1. The van der Waals surface area contributed by atoms with E-state index in [0.717, 1.165) is 17.5 Å². The molecule has 3 rings (SSSR count). The SMILES string of the molecule is CCc1ccc(F)c(C(C)C(N)c2n[nH]c(=O)o2)c1C.NC(=O)c1cc(Cl)ccc1S. The molecule has 0 spiro atoms. The van der Waals surface area contributed by atoms with Crippen LogP contribution in [0.25, 0.3) is 0 Å². The molecule has 0 saturated heterocycles. The van der Waals surface area contributed by atoms with Crippen LogP contribution in [0.5, 0.6) is 0 Å². The van der Waals surface area contributed by atoms with E-state index < -0.39 is 17.7 Å².